The van der Waals surface area contributed by atoms with Crippen LogP contribution in [0.4, 0.5) is 8.78 Å². The number of H-pyrrole nitrogens is 2. The summed E-state index contributed by atoms with van der Waals surface area (Å²) >= 11 is 2.29. The van der Waals surface area contributed by atoms with Gasteiger partial charge in [0.15, 0.2) is 17.4 Å². The molecule has 0 saturated carbocycles. The molecule has 0 radical (unpaired) electrons. The molecule has 11 heteroatoms. The summed E-state index contributed by atoms with van der Waals surface area (Å²) in [7, 11) is 0. The van der Waals surface area contributed by atoms with Gasteiger partial charge in [-0.3, -0.25) is 5.10 Å². The van der Waals surface area contributed by atoms with Gasteiger partial charge in [0.25, 0.3) is 0 Å². The van der Waals surface area contributed by atoms with Crippen LogP contribution in [-0.2, 0) is 12.0 Å². The molecular weight excluding hydrogens is 687 g/mol. The lowest BCUT2D eigenvalue weighted by Gasteiger charge is -2.28. The Morgan fingerprint density at radius 3 is 2.62 bits per heavy atom. The van der Waals surface area contributed by atoms with Gasteiger partial charge in [-0.05, 0) is 104 Å². The van der Waals surface area contributed by atoms with E-state index in [0.29, 0.717) is 22.3 Å². The fourth-order valence-corrected chi connectivity index (χ4v) is 5.97. The molecule has 1 atom stereocenters. The van der Waals surface area contributed by atoms with E-state index in [4.69, 9.17) is 21.7 Å². The topological polar surface area (TPSA) is 115 Å². The van der Waals surface area contributed by atoms with Crippen LogP contribution in [0.1, 0.15) is 63.4 Å². The number of aromatic amines is 2. The molecule has 0 aliphatic carbocycles. The van der Waals surface area contributed by atoms with Crippen molar-refractivity contribution in [1.29, 1.82) is 0 Å². The van der Waals surface area contributed by atoms with E-state index in [2.05, 4.69) is 86.6 Å². The average Bonchev–Trinajstić information content (AvgIpc) is 3.70. The monoisotopic (exact) mass is 719 g/mol. The van der Waals surface area contributed by atoms with E-state index in [-0.39, 0.29) is 34.8 Å². The predicted octanol–water partition coefficient (Wildman–Crippen LogP) is 9.96. The quantitative estimate of drug-likeness (QED) is 0.0334. The molecule has 0 aliphatic heterocycles. The lowest BCUT2D eigenvalue weighted by Crippen LogP contribution is -2.26. The van der Waals surface area contributed by atoms with Crippen LogP contribution < -0.4 is 4.74 Å². The molecule has 45 heavy (non-hydrogen) atoms. The molecule has 0 amide bonds. The molecular formula is C34H32F2IN7O. The summed E-state index contributed by atoms with van der Waals surface area (Å²) in [6, 6.07) is 15.3. The SMILES string of the molecule is C#CC(C)(C)CCCCC(C)(c1cccc(I)c1)c1nc(-c2cc(Oc3c(F)cc4[nH]ccc4c3CN=[N+]=[N-])ccc2F)n[nH]1. The summed E-state index contributed by atoms with van der Waals surface area (Å²) < 4.78 is 37.5. The van der Waals surface area contributed by atoms with Crippen LogP contribution in [-0.4, -0.2) is 20.2 Å². The highest BCUT2D eigenvalue weighted by atomic mass is 127. The highest BCUT2D eigenvalue weighted by Gasteiger charge is 2.33. The standard InChI is InChI=1S/C34H32F2IN7O/c1-5-33(2,3)14-6-7-15-34(4,21-9-8-10-22(37)17-21)32-41-31(42-43-32)25-18-23(11-12-27(25)35)45-30-26(20-40-44-38)24-13-16-39-29(24)19-28(30)36/h1,8-13,16-19,39H,6-7,14-15,20H2,2-4H3,(H,41,42,43). The first-order valence-electron chi connectivity index (χ1n) is 14.5. The minimum absolute atomic E-state index is 0.0930. The number of nitrogens with one attached hydrogen (secondary N) is 2. The third-order valence-electron chi connectivity index (χ3n) is 8.15. The van der Waals surface area contributed by atoms with Crippen molar-refractivity contribution in [3.05, 3.63) is 103 Å². The van der Waals surface area contributed by atoms with Crippen molar-refractivity contribution in [2.75, 3.05) is 0 Å². The van der Waals surface area contributed by atoms with Gasteiger partial charge in [0, 0.05) is 42.6 Å². The first-order valence-corrected chi connectivity index (χ1v) is 15.6. The van der Waals surface area contributed by atoms with Crippen molar-refractivity contribution in [3.8, 4) is 35.2 Å². The number of halogens is 3. The fraction of sp³-hybridized carbons (Fsp3) is 0.294. The summed E-state index contributed by atoms with van der Waals surface area (Å²) in [6.07, 6.45) is 10.9. The zero-order chi connectivity index (χ0) is 32.2. The maximum Gasteiger partial charge on any atom is 0.184 e. The number of ether oxygens (including phenoxy) is 1. The third-order valence-corrected chi connectivity index (χ3v) is 8.82. The largest absolute Gasteiger partial charge is 0.454 e. The van der Waals surface area contributed by atoms with Crippen molar-refractivity contribution >= 4 is 33.5 Å². The first-order chi connectivity index (χ1) is 21.5. The van der Waals surface area contributed by atoms with E-state index < -0.39 is 17.0 Å². The zero-order valence-corrected chi connectivity index (χ0v) is 27.3. The van der Waals surface area contributed by atoms with Gasteiger partial charge >= 0.3 is 0 Å². The molecule has 0 bridgehead atoms. The number of hydrogen-bond donors (Lipinski definition) is 2. The molecule has 1 unspecified atom stereocenters. The van der Waals surface area contributed by atoms with Crippen LogP contribution in [0.2, 0.25) is 0 Å². The lowest BCUT2D eigenvalue weighted by atomic mass is 9.76. The van der Waals surface area contributed by atoms with E-state index in [9.17, 15) is 0 Å². The van der Waals surface area contributed by atoms with Gasteiger partial charge in [-0.15, -0.1) is 12.3 Å². The molecule has 5 rings (SSSR count). The second-order valence-electron chi connectivity index (χ2n) is 11.8. The van der Waals surface area contributed by atoms with Crippen LogP contribution in [0.25, 0.3) is 32.7 Å². The summed E-state index contributed by atoms with van der Waals surface area (Å²) in [4.78, 5) is 10.6. The summed E-state index contributed by atoms with van der Waals surface area (Å²) in [5, 5.41) is 11.7. The molecule has 3 aromatic carbocycles. The molecule has 8 nitrogen and oxygen atoms in total. The van der Waals surface area contributed by atoms with Gasteiger partial charge in [-0.1, -0.05) is 30.1 Å². The Kier molecular flexibility index (Phi) is 9.46. The van der Waals surface area contributed by atoms with Crippen LogP contribution in [0.5, 0.6) is 11.5 Å². The third kappa shape index (κ3) is 6.97. The van der Waals surface area contributed by atoms with E-state index >= 15 is 8.78 Å². The van der Waals surface area contributed by atoms with E-state index in [1.54, 1.807) is 12.3 Å². The summed E-state index contributed by atoms with van der Waals surface area (Å²) in [6.45, 7) is 6.10. The second kappa shape index (κ2) is 13.3. The van der Waals surface area contributed by atoms with Crippen molar-refractivity contribution in [3.63, 3.8) is 0 Å². The number of benzene rings is 3. The molecule has 0 fully saturated rings. The van der Waals surface area contributed by atoms with Crippen LogP contribution in [0.15, 0.2) is 65.9 Å². The maximum absolute atomic E-state index is 15.3. The van der Waals surface area contributed by atoms with E-state index in [0.717, 1.165) is 34.8 Å². The Morgan fingerprint density at radius 1 is 1.07 bits per heavy atom. The van der Waals surface area contributed by atoms with E-state index in [1.807, 2.05) is 12.1 Å². The number of azide groups is 1. The smallest absolute Gasteiger partial charge is 0.184 e. The minimum Gasteiger partial charge on any atom is -0.454 e. The van der Waals surface area contributed by atoms with Gasteiger partial charge in [-0.25, -0.2) is 13.8 Å². The van der Waals surface area contributed by atoms with E-state index in [1.165, 1.54) is 24.3 Å². The van der Waals surface area contributed by atoms with Crippen LogP contribution in [0.3, 0.4) is 0 Å². The number of unbranched alkanes of at least 4 members (excludes halogenated alkanes) is 1. The number of terminal acetylenes is 1. The highest BCUT2D eigenvalue weighted by molar-refractivity contribution is 14.1. The molecule has 2 aromatic heterocycles. The van der Waals surface area contributed by atoms with Gasteiger partial charge in [0.2, 0.25) is 0 Å². The Morgan fingerprint density at radius 2 is 1.87 bits per heavy atom. The zero-order valence-electron chi connectivity index (χ0n) is 25.2. The summed E-state index contributed by atoms with van der Waals surface area (Å²) in [5.41, 5.74) is 10.2. The normalized spacial score (nSPS) is 12.8. The average molecular weight is 720 g/mol. The number of nitrogens with zero attached hydrogens (tertiary/aromatic N) is 5. The van der Waals surface area contributed by atoms with Gasteiger partial charge in [0.1, 0.15) is 17.4 Å². The fourth-order valence-electron chi connectivity index (χ4n) is 5.43. The Bertz CT molecular complexity index is 1940. The minimum atomic E-state index is -0.655. The number of fused-ring (bicyclic) bond motifs is 1. The van der Waals surface area contributed by atoms with Crippen molar-refractivity contribution in [2.45, 2.75) is 58.4 Å². The molecule has 0 spiro atoms. The Balaban J connectivity index is 1.48. The number of hydrogen-bond acceptors (Lipinski definition) is 4. The van der Waals surface area contributed by atoms with Gasteiger partial charge in [0.05, 0.1) is 17.5 Å². The van der Waals surface area contributed by atoms with Crippen molar-refractivity contribution in [1.82, 2.24) is 20.2 Å². The molecule has 2 N–H and O–H groups in total. The molecule has 2 heterocycles. The van der Waals surface area contributed by atoms with Crippen molar-refractivity contribution in [2.24, 2.45) is 10.5 Å². The predicted molar refractivity (Wildman–Crippen MR) is 180 cm³/mol. The second-order valence-corrected chi connectivity index (χ2v) is 13.1. The molecule has 230 valence electrons. The molecule has 0 aliphatic rings. The van der Waals surface area contributed by atoms with Gasteiger partial charge in [-0.2, -0.15) is 5.10 Å². The summed E-state index contributed by atoms with van der Waals surface area (Å²) in [5.74, 6) is 2.46. The number of aromatic nitrogens is 4. The lowest BCUT2D eigenvalue weighted by molar-refractivity contribution is 0.397. The maximum atomic E-state index is 15.3. The highest BCUT2D eigenvalue weighted by Crippen LogP contribution is 2.39. The first kappa shape index (κ1) is 32.0. The van der Waals surface area contributed by atoms with Crippen LogP contribution >= 0.6 is 22.6 Å². The van der Waals surface area contributed by atoms with Gasteiger partial charge < -0.3 is 9.72 Å². The molecule has 0 saturated heterocycles. The molecule has 5 aromatic rings. The van der Waals surface area contributed by atoms with Crippen molar-refractivity contribution < 1.29 is 13.5 Å². The number of rotatable bonds is 12. The Labute approximate surface area is 273 Å². The van der Waals surface area contributed by atoms with Crippen LogP contribution in [0, 0.1) is 33.0 Å². The Hall–Kier alpha value is -4.40.